The molecule has 0 aromatic carbocycles. The number of rotatable bonds is 1. The average molecular weight is 386 g/mol. The van der Waals surface area contributed by atoms with Gasteiger partial charge >= 0.3 is 6.09 Å². The van der Waals surface area contributed by atoms with E-state index in [0.29, 0.717) is 43.6 Å². The summed E-state index contributed by atoms with van der Waals surface area (Å²) in [6, 6.07) is 2.06. The van der Waals surface area contributed by atoms with Crippen molar-refractivity contribution in [3.8, 4) is 17.1 Å². The van der Waals surface area contributed by atoms with Crippen LogP contribution in [0, 0.1) is 0 Å². The third-order valence-corrected chi connectivity index (χ3v) is 4.94. The smallest absolute Gasteiger partial charge is 0.410 e. The first-order valence-electron chi connectivity index (χ1n) is 9.61. The van der Waals surface area contributed by atoms with E-state index in [2.05, 4.69) is 16.0 Å². The maximum atomic E-state index is 12.3. The van der Waals surface area contributed by atoms with Gasteiger partial charge in [0.2, 0.25) is 5.95 Å². The minimum atomic E-state index is -0.478. The molecule has 0 atom stereocenters. The molecule has 2 aromatic heterocycles. The number of carbonyl (C=O) groups is 1. The highest BCUT2D eigenvalue weighted by Crippen LogP contribution is 2.35. The van der Waals surface area contributed by atoms with Gasteiger partial charge in [-0.15, -0.1) is 0 Å². The van der Waals surface area contributed by atoms with Gasteiger partial charge in [-0.3, -0.25) is 4.68 Å². The van der Waals surface area contributed by atoms with E-state index in [4.69, 9.17) is 20.3 Å². The van der Waals surface area contributed by atoms with Crippen LogP contribution in [-0.2, 0) is 11.3 Å². The molecule has 2 N–H and O–H groups in total. The van der Waals surface area contributed by atoms with Crippen molar-refractivity contribution >= 4 is 12.0 Å². The van der Waals surface area contributed by atoms with Gasteiger partial charge in [-0.25, -0.2) is 14.8 Å². The Labute approximate surface area is 163 Å². The third kappa shape index (κ3) is 3.74. The molecule has 0 unspecified atom stereocenters. The number of hydrogen-bond donors (Lipinski definition) is 1. The van der Waals surface area contributed by atoms with Crippen LogP contribution in [0.25, 0.3) is 11.4 Å². The SMILES string of the molecule is CC(C)(C)OC(=O)N1CCC(c2cc3n(n2)CCOc2cnc(N)nc2-3)CC1. The number of carbonyl (C=O) groups excluding carboxylic acids is 1. The Balaban J connectivity index is 1.50. The second kappa shape index (κ2) is 6.96. The van der Waals surface area contributed by atoms with E-state index in [9.17, 15) is 4.79 Å². The Kier molecular flexibility index (Phi) is 4.60. The number of hydrogen-bond acceptors (Lipinski definition) is 7. The van der Waals surface area contributed by atoms with Crippen molar-refractivity contribution in [2.75, 3.05) is 25.4 Å². The van der Waals surface area contributed by atoms with E-state index in [1.54, 1.807) is 11.1 Å². The van der Waals surface area contributed by atoms with Crippen molar-refractivity contribution in [1.29, 1.82) is 0 Å². The zero-order valence-corrected chi connectivity index (χ0v) is 16.5. The van der Waals surface area contributed by atoms with Gasteiger partial charge in [-0.1, -0.05) is 0 Å². The lowest BCUT2D eigenvalue weighted by atomic mass is 9.93. The number of nitrogens with zero attached hydrogens (tertiary/aromatic N) is 5. The van der Waals surface area contributed by atoms with Crippen LogP contribution in [0.3, 0.4) is 0 Å². The van der Waals surface area contributed by atoms with Gasteiger partial charge in [0.1, 0.15) is 17.9 Å². The Morgan fingerprint density at radius 2 is 2.04 bits per heavy atom. The van der Waals surface area contributed by atoms with Crippen LogP contribution in [0.5, 0.6) is 5.75 Å². The first-order chi connectivity index (χ1) is 13.3. The van der Waals surface area contributed by atoms with Gasteiger partial charge in [0.05, 0.1) is 24.1 Å². The molecule has 9 nitrogen and oxygen atoms in total. The van der Waals surface area contributed by atoms with E-state index < -0.39 is 5.60 Å². The van der Waals surface area contributed by atoms with Crippen LogP contribution >= 0.6 is 0 Å². The highest BCUT2D eigenvalue weighted by molar-refractivity contribution is 5.68. The molecule has 2 aromatic rings. The summed E-state index contributed by atoms with van der Waals surface area (Å²) in [6.45, 7) is 8.12. The summed E-state index contributed by atoms with van der Waals surface area (Å²) in [4.78, 5) is 22.4. The normalized spacial score (nSPS) is 17.3. The van der Waals surface area contributed by atoms with Crippen molar-refractivity contribution in [1.82, 2.24) is 24.6 Å². The number of piperidine rings is 1. The maximum Gasteiger partial charge on any atom is 0.410 e. The van der Waals surface area contributed by atoms with Crippen LogP contribution in [0.15, 0.2) is 12.3 Å². The monoisotopic (exact) mass is 386 g/mol. The summed E-state index contributed by atoms with van der Waals surface area (Å²) in [6.07, 6.45) is 3.07. The van der Waals surface area contributed by atoms with Gasteiger partial charge in [0, 0.05) is 19.0 Å². The second-order valence-electron chi connectivity index (χ2n) is 8.21. The standard InChI is InChI=1S/C19H26N6O3/c1-19(2,3)28-18(26)24-6-4-12(5-7-24)13-10-14-16-15(11-21-17(20)22-16)27-9-8-25(14)23-13/h10-12H,4-9H2,1-3H3,(H2,20,21,22). The molecule has 9 heteroatoms. The fourth-order valence-electron chi connectivity index (χ4n) is 3.60. The number of anilines is 1. The van der Waals surface area contributed by atoms with Crippen molar-refractivity contribution in [2.45, 2.75) is 51.7 Å². The number of ether oxygens (including phenoxy) is 2. The summed E-state index contributed by atoms with van der Waals surface area (Å²) in [7, 11) is 0. The summed E-state index contributed by atoms with van der Waals surface area (Å²) in [5.74, 6) is 1.13. The Morgan fingerprint density at radius 1 is 1.29 bits per heavy atom. The molecule has 4 heterocycles. The number of likely N-dealkylation sites (tertiary alicyclic amines) is 1. The molecule has 0 radical (unpaired) electrons. The molecule has 1 saturated heterocycles. The van der Waals surface area contributed by atoms with Gasteiger partial charge in [0.15, 0.2) is 5.75 Å². The molecule has 0 spiro atoms. The van der Waals surface area contributed by atoms with E-state index in [1.807, 2.05) is 25.5 Å². The minimum Gasteiger partial charge on any atom is -0.488 e. The van der Waals surface area contributed by atoms with E-state index in [-0.39, 0.29) is 12.0 Å². The molecule has 2 aliphatic rings. The molecule has 28 heavy (non-hydrogen) atoms. The first kappa shape index (κ1) is 18.5. The molecule has 150 valence electrons. The fraction of sp³-hybridized carbons (Fsp3) is 0.579. The molecule has 2 aliphatic heterocycles. The van der Waals surface area contributed by atoms with Crippen molar-refractivity contribution in [3.63, 3.8) is 0 Å². The summed E-state index contributed by atoms with van der Waals surface area (Å²) >= 11 is 0. The molecule has 0 aliphatic carbocycles. The largest absolute Gasteiger partial charge is 0.488 e. The van der Waals surface area contributed by atoms with Crippen molar-refractivity contribution < 1.29 is 14.3 Å². The van der Waals surface area contributed by atoms with Crippen molar-refractivity contribution in [2.24, 2.45) is 0 Å². The van der Waals surface area contributed by atoms with Gasteiger partial charge < -0.3 is 20.1 Å². The number of aromatic nitrogens is 4. The second-order valence-corrected chi connectivity index (χ2v) is 8.21. The number of nitrogens with two attached hydrogens (primary N) is 1. The lowest BCUT2D eigenvalue weighted by Crippen LogP contribution is -2.41. The molecule has 1 amide bonds. The quantitative estimate of drug-likeness (QED) is 0.802. The molecule has 0 bridgehead atoms. The predicted octanol–water partition coefficient (Wildman–Crippen LogP) is 2.43. The fourth-order valence-corrected chi connectivity index (χ4v) is 3.60. The number of fused-ring (bicyclic) bond motifs is 3. The Morgan fingerprint density at radius 3 is 2.75 bits per heavy atom. The zero-order chi connectivity index (χ0) is 19.9. The lowest BCUT2D eigenvalue weighted by Gasteiger charge is -2.32. The molecule has 0 saturated carbocycles. The highest BCUT2D eigenvalue weighted by Gasteiger charge is 2.30. The lowest BCUT2D eigenvalue weighted by molar-refractivity contribution is 0.0204. The van der Waals surface area contributed by atoms with Gasteiger partial charge in [-0.05, 0) is 39.7 Å². The zero-order valence-electron chi connectivity index (χ0n) is 16.5. The molecular formula is C19H26N6O3. The van der Waals surface area contributed by atoms with Crippen LogP contribution in [0.2, 0.25) is 0 Å². The highest BCUT2D eigenvalue weighted by atomic mass is 16.6. The number of nitrogen functional groups attached to an aromatic ring is 1. The maximum absolute atomic E-state index is 12.3. The van der Waals surface area contributed by atoms with Crippen LogP contribution in [0.1, 0.15) is 45.2 Å². The topological polar surface area (TPSA) is 108 Å². The predicted molar refractivity (Wildman–Crippen MR) is 103 cm³/mol. The van der Waals surface area contributed by atoms with E-state index >= 15 is 0 Å². The summed E-state index contributed by atoms with van der Waals surface area (Å²) in [5, 5.41) is 4.79. The Hall–Kier alpha value is -2.84. The van der Waals surface area contributed by atoms with Crippen LogP contribution < -0.4 is 10.5 Å². The van der Waals surface area contributed by atoms with Crippen LogP contribution in [-0.4, -0.2) is 56.0 Å². The van der Waals surface area contributed by atoms with Crippen LogP contribution in [0.4, 0.5) is 10.7 Å². The molecular weight excluding hydrogens is 360 g/mol. The summed E-state index contributed by atoms with van der Waals surface area (Å²) < 4.78 is 13.1. The van der Waals surface area contributed by atoms with E-state index in [1.165, 1.54) is 0 Å². The summed E-state index contributed by atoms with van der Waals surface area (Å²) in [5.41, 5.74) is 7.88. The number of amides is 1. The minimum absolute atomic E-state index is 0.212. The molecule has 4 rings (SSSR count). The molecule has 1 fully saturated rings. The van der Waals surface area contributed by atoms with E-state index in [0.717, 1.165) is 24.2 Å². The van der Waals surface area contributed by atoms with Gasteiger partial charge in [-0.2, -0.15) is 5.10 Å². The first-order valence-corrected chi connectivity index (χ1v) is 9.61. The average Bonchev–Trinajstić information content (AvgIpc) is 2.98. The van der Waals surface area contributed by atoms with Crippen molar-refractivity contribution in [3.05, 3.63) is 18.0 Å². The Bertz CT molecular complexity index is 880. The van der Waals surface area contributed by atoms with Gasteiger partial charge in [0.25, 0.3) is 0 Å². The third-order valence-electron chi connectivity index (χ3n) is 4.94.